The van der Waals surface area contributed by atoms with E-state index in [1.807, 2.05) is 0 Å². The maximum Gasteiger partial charge on any atom is 0.240 e. The third-order valence-electron chi connectivity index (χ3n) is 2.15. The van der Waals surface area contributed by atoms with Crippen LogP contribution < -0.4 is 4.72 Å². The van der Waals surface area contributed by atoms with Gasteiger partial charge in [-0.25, -0.2) is 13.1 Å². The fraction of sp³-hybridized carbons (Fsp3) is 0.455. The molecular formula is C11H17NO4S. The smallest absolute Gasteiger partial charge is 0.240 e. The van der Waals surface area contributed by atoms with Crippen molar-refractivity contribution in [3.8, 4) is 0 Å². The highest BCUT2D eigenvalue weighted by molar-refractivity contribution is 7.89. The Morgan fingerprint density at radius 3 is 2.47 bits per heavy atom. The van der Waals surface area contributed by atoms with Gasteiger partial charge in [-0.2, -0.15) is 0 Å². The summed E-state index contributed by atoms with van der Waals surface area (Å²) in [5, 5.41) is 9.77. The first-order valence-corrected chi connectivity index (χ1v) is 6.62. The molecule has 17 heavy (non-hydrogen) atoms. The Hall–Kier alpha value is -0.950. The van der Waals surface area contributed by atoms with Gasteiger partial charge < -0.3 is 9.84 Å². The first-order valence-electron chi connectivity index (χ1n) is 5.13. The lowest BCUT2D eigenvalue weighted by Crippen LogP contribution is -2.43. The second-order valence-electron chi connectivity index (χ2n) is 4.07. The zero-order chi connectivity index (χ0) is 12.9. The standard InChI is InChI=1S/C11H17NO4S/c1-11(13,9-16-2)8-12-17(14,15)10-6-4-3-5-7-10/h3-7,12-13H,8-9H2,1-2H3. The zero-order valence-corrected chi connectivity index (χ0v) is 10.7. The molecule has 0 amide bonds. The molecule has 6 heteroatoms. The van der Waals surface area contributed by atoms with Crippen LogP contribution >= 0.6 is 0 Å². The quantitative estimate of drug-likeness (QED) is 0.773. The Morgan fingerprint density at radius 1 is 1.35 bits per heavy atom. The minimum Gasteiger partial charge on any atom is -0.386 e. The van der Waals surface area contributed by atoms with Gasteiger partial charge >= 0.3 is 0 Å². The molecule has 0 aromatic heterocycles. The first kappa shape index (κ1) is 14.1. The summed E-state index contributed by atoms with van der Waals surface area (Å²) in [7, 11) is -2.13. The Labute approximate surface area is 101 Å². The number of methoxy groups -OCH3 is 1. The summed E-state index contributed by atoms with van der Waals surface area (Å²) in [6.07, 6.45) is 0. The monoisotopic (exact) mass is 259 g/mol. The summed E-state index contributed by atoms with van der Waals surface area (Å²) in [4.78, 5) is 0.174. The summed E-state index contributed by atoms with van der Waals surface area (Å²) in [5.41, 5.74) is -1.23. The fourth-order valence-electron chi connectivity index (χ4n) is 1.30. The number of benzene rings is 1. The predicted molar refractivity (Wildman–Crippen MR) is 64.1 cm³/mol. The van der Waals surface area contributed by atoms with Crippen LogP contribution in [0.25, 0.3) is 0 Å². The van der Waals surface area contributed by atoms with E-state index in [0.29, 0.717) is 0 Å². The lowest BCUT2D eigenvalue weighted by atomic mass is 10.1. The van der Waals surface area contributed by atoms with Gasteiger partial charge in [0.1, 0.15) is 0 Å². The molecule has 0 saturated heterocycles. The maximum absolute atomic E-state index is 11.8. The topological polar surface area (TPSA) is 75.6 Å². The number of hydrogen-bond donors (Lipinski definition) is 2. The largest absolute Gasteiger partial charge is 0.386 e. The van der Waals surface area contributed by atoms with E-state index in [0.717, 1.165) is 0 Å². The second-order valence-corrected chi connectivity index (χ2v) is 5.83. The van der Waals surface area contributed by atoms with Crippen molar-refractivity contribution in [3.05, 3.63) is 30.3 Å². The average Bonchev–Trinajstić information content (AvgIpc) is 2.28. The maximum atomic E-state index is 11.8. The van der Waals surface area contributed by atoms with E-state index in [1.54, 1.807) is 18.2 Å². The van der Waals surface area contributed by atoms with Gasteiger partial charge in [0.25, 0.3) is 0 Å². The van der Waals surface area contributed by atoms with Crippen LogP contribution in [0.15, 0.2) is 35.2 Å². The summed E-state index contributed by atoms with van der Waals surface area (Å²) in [6.45, 7) is 1.46. The molecule has 0 heterocycles. The van der Waals surface area contributed by atoms with Crippen LogP contribution in [0, 0.1) is 0 Å². The van der Waals surface area contributed by atoms with Crippen molar-refractivity contribution in [2.75, 3.05) is 20.3 Å². The van der Waals surface area contributed by atoms with Crippen LogP contribution in [0.3, 0.4) is 0 Å². The van der Waals surface area contributed by atoms with Crippen molar-refractivity contribution < 1.29 is 18.3 Å². The van der Waals surface area contributed by atoms with Gasteiger partial charge in [-0.3, -0.25) is 0 Å². The van der Waals surface area contributed by atoms with Crippen LogP contribution in [0.2, 0.25) is 0 Å². The fourth-order valence-corrected chi connectivity index (χ4v) is 2.48. The Bertz CT molecular complexity index is 442. The Balaban J connectivity index is 2.69. The van der Waals surface area contributed by atoms with Crippen molar-refractivity contribution in [2.45, 2.75) is 17.4 Å². The molecule has 0 aliphatic carbocycles. The van der Waals surface area contributed by atoms with E-state index in [4.69, 9.17) is 4.74 Å². The summed E-state index contributed by atoms with van der Waals surface area (Å²) in [6, 6.07) is 8.00. The van der Waals surface area contributed by atoms with E-state index >= 15 is 0 Å². The number of hydrogen-bond acceptors (Lipinski definition) is 4. The Kier molecular flexibility index (Phi) is 4.64. The summed E-state index contributed by atoms with van der Waals surface area (Å²) < 4.78 is 30.8. The minimum absolute atomic E-state index is 0.0598. The van der Waals surface area contributed by atoms with Crippen LogP contribution in [0.5, 0.6) is 0 Å². The average molecular weight is 259 g/mol. The highest BCUT2D eigenvalue weighted by atomic mass is 32.2. The van der Waals surface area contributed by atoms with E-state index in [9.17, 15) is 13.5 Å². The third-order valence-corrected chi connectivity index (χ3v) is 3.57. The lowest BCUT2D eigenvalue weighted by molar-refractivity contribution is -0.0119. The molecule has 1 rings (SSSR count). The second kappa shape index (κ2) is 5.59. The molecule has 96 valence electrons. The molecule has 0 fully saturated rings. The molecule has 5 nitrogen and oxygen atoms in total. The molecule has 0 aliphatic rings. The molecule has 0 aliphatic heterocycles. The van der Waals surface area contributed by atoms with Crippen molar-refractivity contribution in [3.63, 3.8) is 0 Å². The van der Waals surface area contributed by atoms with Crippen molar-refractivity contribution in [1.29, 1.82) is 0 Å². The molecule has 2 N–H and O–H groups in total. The highest BCUT2D eigenvalue weighted by Gasteiger charge is 2.23. The molecule has 0 bridgehead atoms. The molecular weight excluding hydrogens is 242 g/mol. The highest BCUT2D eigenvalue weighted by Crippen LogP contribution is 2.09. The number of rotatable bonds is 6. The van der Waals surface area contributed by atoms with E-state index < -0.39 is 15.6 Å². The van der Waals surface area contributed by atoms with Crippen molar-refractivity contribution in [1.82, 2.24) is 4.72 Å². The normalized spacial score (nSPS) is 15.5. The van der Waals surface area contributed by atoms with Crippen LogP contribution in [-0.2, 0) is 14.8 Å². The van der Waals surface area contributed by atoms with Gasteiger partial charge in [-0.1, -0.05) is 18.2 Å². The first-order chi connectivity index (χ1) is 7.87. The molecule has 1 aromatic rings. The number of sulfonamides is 1. The Morgan fingerprint density at radius 2 is 1.94 bits per heavy atom. The third kappa shape index (κ3) is 4.43. The number of aliphatic hydroxyl groups is 1. The van der Waals surface area contributed by atoms with E-state index in [2.05, 4.69) is 4.72 Å². The molecule has 0 saturated carbocycles. The number of ether oxygens (including phenoxy) is 1. The lowest BCUT2D eigenvalue weighted by Gasteiger charge is -2.22. The van der Waals surface area contributed by atoms with Crippen molar-refractivity contribution >= 4 is 10.0 Å². The molecule has 1 atom stereocenters. The molecule has 1 aromatic carbocycles. The van der Waals surface area contributed by atoms with Crippen LogP contribution in [0.4, 0.5) is 0 Å². The van der Waals surface area contributed by atoms with E-state index in [-0.39, 0.29) is 18.0 Å². The van der Waals surface area contributed by atoms with Gasteiger partial charge in [-0.15, -0.1) is 0 Å². The molecule has 1 unspecified atom stereocenters. The summed E-state index contributed by atoms with van der Waals surface area (Å²) >= 11 is 0. The van der Waals surface area contributed by atoms with Crippen LogP contribution in [0.1, 0.15) is 6.92 Å². The zero-order valence-electron chi connectivity index (χ0n) is 9.88. The van der Waals surface area contributed by atoms with Crippen molar-refractivity contribution in [2.24, 2.45) is 0 Å². The SMILES string of the molecule is COCC(C)(O)CNS(=O)(=O)c1ccccc1. The van der Waals surface area contributed by atoms with Gasteiger partial charge in [0.2, 0.25) is 10.0 Å². The van der Waals surface area contributed by atoms with Gasteiger partial charge in [0.05, 0.1) is 17.1 Å². The predicted octanol–water partition coefficient (Wildman–Crippen LogP) is 0.362. The van der Waals surface area contributed by atoms with Gasteiger partial charge in [0, 0.05) is 13.7 Å². The molecule has 0 radical (unpaired) electrons. The van der Waals surface area contributed by atoms with Crippen LogP contribution in [-0.4, -0.2) is 39.4 Å². The molecule has 0 spiro atoms. The number of nitrogens with one attached hydrogen (secondary N) is 1. The van der Waals surface area contributed by atoms with Gasteiger partial charge in [-0.05, 0) is 19.1 Å². The minimum atomic E-state index is -3.58. The summed E-state index contributed by atoms with van der Waals surface area (Å²) in [5.74, 6) is 0. The van der Waals surface area contributed by atoms with Gasteiger partial charge in [0.15, 0.2) is 0 Å². The van der Waals surface area contributed by atoms with E-state index in [1.165, 1.54) is 26.2 Å².